The van der Waals surface area contributed by atoms with Crippen LogP contribution in [-0.4, -0.2) is 73.1 Å². The van der Waals surface area contributed by atoms with Crippen LogP contribution < -0.4 is 5.32 Å². The van der Waals surface area contributed by atoms with Crippen molar-refractivity contribution in [3.63, 3.8) is 0 Å². The van der Waals surface area contributed by atoms with Crippen molar-refractivity contribution in [3.05, 3.63) is 0 Å². The Morgan fingerprint density at radius 2 is 2.00 bits per heavy atom. The van der Waals surface area contributed by atoms with E-state index in [1.54, 1.807) is 11.9 Å². The molecule has 0 aromatic carbocycles. The van der Waals surface area contributed by atoms with Crippen molar-refractivity contribution in [2.24, 2.45) is 0 Å². The summed E-state index contributed by atoms with van der Waals surface area (Å²) in [5, 5.41) is 11.5. The quantitative estimate of drug-likeness (QED) is 0.635. The van der Waals surface area contributed by atoms with Crippen LogP contribution in [0.25, 0.3) is 0 Å². The number of nitrogens with one attached hydrogen (secondary N) is 1. The lowest BCUT2D eigenvalue weighted by Gasteiger charge is -2.20. The first kappa shape index (κ1) is 12.9. The number of carbonyl (C=O) groups excluding carboxylic acids is 1. The Morgan fingerprint density at radius 3 is 2.62 bits per heavy atom. The molecule has 0 radical (unpaired) electrons. The highest BCUT2D eigenvalue weighted by molar-refractivity contribution is 5.78. The summed E-state index contributed by atoms with van der Waals surface area (Å²) in [6, 6.07) is 0. The number of aliphatic carboxylic acids is 1. The Morgan fingerprint density at radius 1 is 1.25 bits per heavy atom. The van der Waals surface area contributed by atoms with Gasteiger partial charge >= 0.3 is 5.97 Å². The average Bonchev–Trinajstić information content (AvgIpc) is 2.43. The van der Waals surface area contributed by atoms with Crippen LogP contribution in [-0.2, 0) is 9.59 Å². The van der Waals surface area contributed by atoms with Crippen molar-refractivity contribution in [3.8, 4) is 0 Å². The van der Waals surface area contributed by atoms with Crippen LogP contribution in [0.1, 0.15) is 6.42 Å². The molecule has 6 heteroatoms. The van der Waals surface area contributed by atoms with Crippen LogP contribution in [0.2, 0.25) is 0 Å². The van der Waals surface area contributed by atoms with Gasteiger partial charge in [-0.15, -0.1) is 0 Å². The van der Waals surface area contributed by atoms with Crippen molar-refractivity contribution in [2.45, 2.75) is 6.42 Å². The van der Waals surface area contributed by atoms with Crippen molar-refractivity contribution in [1.82, 2.24) is 15.1 Å². The van der Waals surface area contributed by atoms with Gasteiger partial charge in [0.05, 0.1) is 13.1 Å². The summed E-state index contributed by atoms with van der Waals surface area (Å²) < 4.78 is 0. The maximum absolute atomic E-state index is 11.6. The van der Waals surface area contributed by atoms with Crippen LogP contribution in [0.5, 0.6) is 0 Å². The molecule has 1 aliphatic heterocycles. The van der Waals surface area contributed by atoms with Crippen LogP contribution >= 0.6 is 0 Å². The molecule has 0 aliphatic carbocycles. The van der Waals surface area contributed by atoms with E-state index in [4.69, 9.17) is 5.11 Å². The highest BCUT2D eigenvalue weighted by atomic mass is 16.4. The number of carbonyl (C=O) groups is 2. The fourth-order valence-electron chi connectivity index (χ4n) is 1.83. The molecule has 0 atom stereocenters. The molecule has 0 aromatic rings. The zero-order valence-corrected chi connectivity index (χ0v) is 9.61. The maximum Gasteiger partial charge on any atom is 0.317 e. The molecule has 0 bridgehead atoms. The van der Waals surface area contributed by atoms with Gasteiger partial charge in [-0.2, -0.15) is 0 Å². The zero-order chi connectivity index (χ0) is 12.0. The first-order valence-corrected chi connectivity index (χ1v) is 5.50. The van der Waals surface area contributed by atoms with Crippen molar-refractivity contribution >= 4 is 11.9 Å². The van der Waals surface area contributed by atoms with Crippen molar-refractivity contribution in [1.29, 1.82) is 0 Å². The lowest BCUT2D eigenvalue weighted by molar-refractivity contribution is -0.138. The summed E-state index contributed by atoms with van der Waals surface area (Å²) in [4.78, 5) is 25.8. The normalized spacial score (nSPS) is 18.2. The van der Waals surface area contributed by atoms with E-state index >= 15 is 0 Å². The minimum Gasteiger partial charge on any atom is -0.480 e. The van der Waals surface area contributed by atoms with Gasteiger partial charge < -0.3 is 15.3 Å². The van der Waals surface area contributed by atoms with Crippen LogP contribution in [0.4, 0.5) is 0 Å². The molecule has 0 unspecified atom stereocenters. The third-order valence-electron chi connectivity index (χ3n) is 2.63. The molecule has 6 nitrogen and oxygen atoms in total. The Hall–Kier alpha value is -1.14. The van der Waals surface area contributed by atoms with Gasteiger partial charge in [0.15, 0.2) is 0 Å². The standard InChI is InChI=1S/C10H19N3O3/c1-11-7-9(14)13-4-2-3-12(5-6-13)8-10(15)16/h11H,2-8H2,1H3,(H,15,16). The van der Waals surface area contributed by atoms with E-state index in [-0.39, 0.29) is 12.5 Å². The second-order valence-electron chi connectivity index (χ2n) is 3.93. The second kappa shape index (κ2) is 6.44. The maximum atomic E-state index is 11.6. The topological polar surface area (TPSA) is 72.9 Å². The number of hydrogen-bond acceptors (Lipinski definition) is 4. The minimum absolute atomic E-state index is 0.0635. The van der Waals surface area contributed by atoms with Crippen molar-refractivity contribution < 1.29 is 14.7 Å². The number of likely N-dealkylation sites (N-methyl/N-ethyl adjacent to an activating group) is 1. The van der Waals surface area contributed by atoms with E-state index in [0.717, 1.165) is 19.5 Å². The van der Waals surface area contributed by atoms with Crippen LogP contribution in [0.15, 0.2) is 0 Å². The lowest BCUT2D eigenvalue weighted by atomic mass is 10.3. The third kappa shape index (κ3) is 4.16. The molecule has 1 amide bonds. The number of hydrogen-bond donors (Lipinski definition) is 2. The minimum atomic E-state index is -0.810. The number of nitrogens with zero attached hydrogens (tertiary/aromatic N) is 2. The zero-order valence-electron chi connectivity index (χ0n) is 9.61. The molecule has 1 aliphatic rings. The van der Waals surface area contributed by atoms with Crippen LogP contribution in [0.3, 0.4) is 0 Å². The molecule has 1 fully saturated rings. The molecule has 0 saturated carbocycles. The summed E-state index contributed by atoms with van der Waals surface area (Å²) in [5.41, 5.74) is 0. The molecule has 16 heavy (non-hydrogen) atoms. The summed E-state index contributed by atoms with van der Waals surface area (Å²) in [6.07, 6.45) is 0.836. The highest BCUT2D eigenvalue weighted by Gasteiger charge is 2.19. The Balaban J connectivity index is 2.39. The van der Waals surface area contributed by atoms with E-state index in [2.05, 4.69) is 5.32 Å². The largest absolute Gasteiger partial charge is 0.480 e. The van der Waals surface area contributed by atoms with Gasteiger partial charge in [0.25, 0.3) is 0 Å². The van der Waals surface area contributed by atoms with Gasteiger partial charge in [-0.1, -0.05) is 0 Å². The fraction of sp³-hybridized carbons (Fsp3) is 0.800. The third-order valence-corrected chi connectivity index (χ3v) is 2.63. The monoisotopic (exact) mass is 229 g/mol. The van der Waals surface area contributed by atoms with Crippen molar-refractivity contribution in [2.75, 3.05) is 46.3 Å². The first-order chi connectivity index (χ1) is 7.63. The number of amides is 1. The highest BCUT2D eigenvalue weighted by Crippen LogP contribution is 2.02. The summed E-state index contributed by atoms with van der Waals surface area (Å²) in [6.45, 7) is 3.13. The predicted molar refractivity (Wildman–Crippen MR) is 59.2 cm³/mol. The van der Waals surface area contributed by atoms with Gasteiger partial charge in [0, 0.05) is 26.2 Å². The molecule has 0 spiro atoms. The number of carboxylic acids is 1. The molecule has 2 N–H and O–H groups in total. The van der Waals surface area contributed by atoms with Crippen LogP contribution in [0, 0.1) is 0 Å². The van der Waals surface area contributed by atoms with Gasteiger partial charge in [0.2, 0.25) is 5.91 Å². The van der Waals surface area contributed by atoms with Gasteiger partial charge in [-0.05, 0) is 13.5 Å². The molecule has 1 rings (SSSR count). The molecular formula is C10H19N3O3. The molecule has 0 aromatic heterocycles. The summed E-state index contributed by atoms with van der Waals surface area (Å²) in [7, 11) is 1.74. The Labute approximate surface area is 95.2 Å². The van der Waals surface area contributed by atoms with E-state index in [9.17, 15) is 9.59 Å². The van der Waals surface area contributed by atoms with Gasteiger partial charge in [-0.3, -0.25) is 14.5 Å². The Kier molecular flexibility index (Phi) is 5.21. The fourth-order valence-corrected chi connectivity index (χ4v) is 1.83. The average molecular weight is 229 g/mol. The van der Waals surface area contributed by atoms with E-state index in [0.29, 0.717) is 19.6 Å². The van der Waals surface area contributed by atoms with E-state index < -0.39 is 5.97 Å². The second-order valence-corrected chi connectivity index (χ2v) is 3.93. The lowest BCUT2D eigenvalue weighted by Crippen LogP contribution is -2.40. The van der Waals surface area contributed by atoms with Gasteiger partial charge in [-0.25, -0.2) is 0 Å². The smallest absolute Gasteiger partial charge is 0.317 e. The van der Waals surface area contributed by atoms with Gasteiger partial charge in [0.1, 0.15) is 0 Å². The summed E-state index contributed by atoms with van der Waals surface area (Å²) in [5.74, 6) is -0.727. The molecule has 92 valence electrons. The SMILES string of the molecule is CNCC(=O)N1CCCN(CC(=O)O)CC1. The summed E-state index contributed by atoms with van der Waals surface area (Å²) >= 11 is 0. The first-order valence-electron chi connectivity index (χ1n) is 5.50. The van der Waals surface area contributed by atoms with E-state index in [1.807, 2.05) is 4.90 Å². The predicted octanol–water partition coefficient (Wildman–Crippen LogP) is -1.18. The van der Waals surface area contributed by atoms with E-state index in [1.165, 1.54) is 0 Å². The molecule has 1 heterocycles. The number of carboxylic acid groups (broad SMARTS) is 1. The molecular weight excluding hydrogens is 210 g/mol. The Bertz CT molecular complexity index is 258. The number of rotatable bonds is 4. The molecule has 1 saturated heterocycles.